The van der Waals surface area contributed by atoms with Crippen molar-refractivity contribution in [3.05, 3.63) is 0 Å². The number of esters is 1. The Balaban J connectivity index is 2.50. The molecule has 8 atom stereocenters. The van der Waals surface area contributed by atoms with Gasteiger partial charge in [0.05, 0.1) is 11.6 Å². The van der Waals surface area contributed by atoms with Crippen molar-refractivity contribution < 1.29 is 33.4 Å². The lowest BCUT2D eigenvalue weighted by atomic mass is 9.72. The molecule has 31 heavy (non-hydrogen) atoms. The van der Waals surface area contributed by atoms with Crippen molar-refractivity contribution in [1.82, 2.24) is 5.32 Å². The van der Waals surface area contributed by atoms with Gasteiger partial charge in [-0.05, 0) is 39.5 Å². The summed E-state index contributed by atoms with van der Waals surface area (Å²) in [5.41, 5.74) is -1.96. The Kier molecular flexibility index (Phi) is 7.56. The van der Waals surface area contributed by atoms with Crippen LogP contribution in [0.25, 0.3) is 0 Å². The maximum atomic E-state index is 13.1. The van der Waals surface area contributed by atoms with E-state index in [0.717, 1.165) is 0 Å². The number of cyclic esters (lactones) is 1. The smallest absolute Gasteiger partial charge is 0.408 e. The molecular weight excluding hydrogens is 402 g/mol. The molecule has 0 saturated carbocycles. The van der Waals surface area contributed by atoms with Gasteiger partial charge in [0.2, 0.25) is 0 Å². The number of Topliss-reactive ketones (excluding diaryl/α,β-unsaturated/α-hetero) is 2. The summed E-state index contributed by atoms with van der Waals surface area (Å²) < 4.78 is 17.0. The predicted molar refractivity (Wildman–Crippen MR) is 113 cm³/mol. The second-order valence-corrected chi connectivity index (χ2v) is 9.60. The average Bonchev–Trinajstić information content (AvgIpc) is 3.02. The molecule has 0 bridgehead atoms. The van der Waals surface area contributed by atoms with Crippen molar-refractivity contribution in [3.63, 3.8) is 0 Å². The zero-order valence-electron chi connectivity index (χ0n) is 19.9. The second-order valence-electron chi connectivity index (χ2n) is 9.60. The maximum absolute atomic E-state index is 13.1. The fourth-order valence-electron chi connectivity index (χ4n) is 4.84. The topological polar surface area (TPSA) is 108 Å². The first-order valence-corrected chi connectivity index (χ1v) is 11.1. The maximum Gasteiger partial charge on any atom is 0.408 e. The van der Waals surface area contributed by atoms with Gasteiger partial charge in [0.15, 0.2) is 5.60 Å². The van der Waals surface area contributed by atoms with Gasteiger partial charge >= 0.3 is 12.1 Å². The number of alkyl carbamates (subject to hydrolysis) is 1. The largest absolute Gasteiger partial charge is 0.458 e. The summed E-state index contributed by atoms with van der Waals surface area (Å²) in [6.45, 7) is 12.4. The van der Waals surface area contributed by atoms with Crippen molar-refractivity contribution in [1.29, 1.82) is 0 Å². The van der Waals surface area contributed by atoms with Gasteiger partial charge in [0, 0.05) is 25.4 Å². The third kappa shape index (κ3) is 4.78. The van der Waals surface area contributed by atoms with Gasteiger partial charge in [-0.3, -0.25) is 14.4 Å². The number of methoxy groups -OCH3 is 1. The van der Waals surface area contributed by atoms with E-state index in [1.54, 1.807) is 34.8 Å². The molecule has 2 aliphatic heterocycles. The van der Waals surface area contributed by atoms with Crippen LogP contribution in [-0.2, 0) is 28.6 Å². The van der Waals surface area contributed by atoms with E-state index in [2.05, 4.69) is 5.32 Å². The highest BCUT2D eigenvalue weighted by atomic mass is 16.6. The average molecular weight is 440 g/mol. The highest BCUT2D eigenvalue weighted by molar-refractivity contribution is 5.99. The third-order valence-electron chi connectivity index (χ3n) is 7.64. The van der Waals surface area contributed by atoms with Crippen LogP contribution in [-0.4, -0.2) is 54.1 Å². The number of hydrogen-bond donors (Lipinski definition) is 1. The number of nitrogens with one attached hydrogen (secondary N) is 1. The second kappa shape index (κ2) is 9.27. The van der Waals surface area contributed by atoms with Crippen LogP contribution in [0, 0.1) is 23.7 Å². The molecular formula is C23H37NO7. The first kappa shape index (κ1) is 25.3. The Labute approximate surface area is 184 Å². The summed E-state index contributed by atoms with van der Waals surface area (Å²) in [5, 5.41) is 2.71. The number of rotatable bonds is 2. The lowest BCUT2D eigenvalue weighted by Gasteiger charge is -2.40. The zero-order valence-corrected chi connectivity index (χ0v) is 19.9. The quantitative estimate of drug-likeness (QED) is 0.520. The van der Waals surface area contributed by atoms with Crippen LogP contribution in [0.15, 0.2) is 0 Å². The first-order chi connectivity index (χ1) is 14.3. The fraction of sp³-hybridized carbons (Fsp3) is 0.826. The number of amides is 1. The van der Waals surface area contributed by atoms with E-state index in [1.807, 2.05) is 20.8 Å². The molecule has 0 aromatic carbocycles. The lowest BCUT2D eigenvalue weighted by Crippen LogP contribution is -2.54. The molecule has 0 radical (unpaired) electrons. The molecule has 2 rings (SSSR count). The molecule has 1 N–H and O–H groups in total. The molecule has 2 fully saturated rings. The molecule has 8 nitrogen and oxygen atoms in total. The van der Waals surface area contributed by atoms with Gasteiger partial charge in [-0.2, -0.15) is 0 Å². The van der Waals surface area contributed by atoms with Gasteiger partial charge in [-0.25, -0.2) is 4.79 Å². The monoisotopic (exact) mass is 439 g/mol. The summed E-state index contributed by atoms with van der Waals surface area (Å²) in [5.74, 6) is -3.00. The van der Waals surface area contributed by atoms with Gasteiger partial charge in [-0.1, -0.05) is 27.7 Å². The van der Waals surface area contributed by atoms with Crippen molar-refractivity contribution in [2.24, 2.45) is 23.7 Å². The van der Waals surface area contributed by atoms with Crippen LogP contribution in [0.3, 0.4) is 0 Å². The molecule has 176 valence electrons. The molecule has 0 unspecified atom stereocenters. The fourth-order valence-corrected chi connectivity index (χ4v) is 4.84. The van der Waals surface area contributed by atoms with E-state index in [-0.39, 0.29) is 29.8 Å². The Morgan fingerprint density at radius 3 is 2.26 bits per heavy atom. The molecule has 0 aromatic rings. The summed E-state index contributed by atoms with van der Waals surface area (Å²) >= 11 is 0. The van der Waals surface area contributed by atoms with Crippen LogP contribution >= 0.6 is 0 Å². The van der Waals surface area contributed by atoms with Crippen LogP contribution in [0.1, 0.15) is 67.7 Å². The minimum absolute atomic E-state index is 0.0513. The molecule has 2 saturated heterocycles. The Hall–Kier alpha value is -1.96. The number of hydrogen-bond acceptors (Lipinski definition) is 7. The molecule has 0 aromatic heterocycles. The molecule has 8 heteroatoms. The molecule has 2 aliphatic rings. The normalized spacial score (nSPS) is 42.8. The van der Waals surface area contributed by atoms with E-state index < -0.39 is 47.2 Å². The standard InChI is InChI=1S/C23H37NO7/c1-9-18-23(7)17(24-21(28)31-23)10-16(25)12(2)11-22(6,29-8)15(5)13(3)19(26)14(4)20(27)30-18/h12-15,17-18H,9-11H2,1-8H3,(H,24,28)/t12-,13-,14-,15-,17-,18-,22-,23+/m1/s1. The summed E-state index contributed by atoms with van der Waals surface area (Å²) in [6, 6.07) is -0.646. The predicted octanol–water partition coefficient (Wildman–Crippen LogP) is 3.06. The van der Waals surface area contributed by atoms with Crippen LogP contribution < -0.4 is 5.32 Å². The number of carbonyl (C=O) groups is 4. The van der Waals surface area contributed by atoms with E-state index in [1.165, 1.54) is 0 Å². The number of ether oxygens (including phenoxy) is 3. The highest BCUT2D eigenvalue weighted by Gasteiger charge is 2.54. The van der Waals surface area contributed by atoms with Gasteiger partial charge in [0.25, 0.3) is 0 Å². The van der Waals surface area contributed by atoms with E-state index in [4.69, 9.17) is 14.2 Å². The number of carbonyl (C=O) groups excluding carboxylic acids is 4. The number of fused-ring (bicyclic) bond motifs is 1. The van der Waals surface area contributed by atoms with Gasteiger partial charge in [0.1, 0.15) is 23.6 Å². The van der Waals surface area contributed by atoms with Gasteiger partial charge in [-0.15, -0.1) is 0 Å². The summed E-state index contributed by atoms with van der Waals surface area (Å²) in [4.78, 5) is 51.2. The van der Waals surface area contributed by atoms with Crippen LogP contribution in [0.5, 0.6) is 0 Å². The minimum Gasteiger partial charge on any atom is -0.458 e. The Morgan fingerprint density at radius 1 is 1.10 bits per heavy atom. The molecule has 1 amide bonds. The van der Waals surface area contributed by atoms with Crippen LogP contribution in [0.2, 0.25) is 0 Å². The third-order valence-corrected chi connectivity index (χ3v) is 7.64. The molecule has 2 heterocycles. The summed E-state index contributed by atoms with van der Waals surface area (Å²) in [7, 11) is 1.57. The first-order valence-electron chi connectivity index (χ1n) is 11.1. The molecule has 0 aliphatic carbocycles. The van der Waals surface area contributed by atoms with Crippen molar-refractivity contribution in [2.45, 2.75) is 91.1 Å². The SMILES string of the molecule is CC[C@H]1OC(=O)[C@H](C)C(=O)[C@H](C)[C@@H](C)[C@](C)(OC)C[C@@H](C)C(=O)C[C@H]2NC(=O)O[C@@]21C. The molecule has 0 spiro atoms. The van der Waals surface area contributed by atoms with E-state index in [0.29, 0.717) is 12.8 Å². The van der Waals surface area contributed by atoms with E-state index >= 15 is 0 Å². The minimum atomic E-state index is -1.22. The van der Waals surface area contributed by atoms with Crippen molar-refractivity contribution in [2.75, 3.05) is 7.11 Å². The van der Waals surface area contributed by atoms with Crippen molar-refractivity contribution in [3.8, 4) is 0 Å². The number of ketones is 2. The lowest BCUT2D eigenvalue weighted by molar-refractivity contribution is -0.170. The van der Waals surface area contributed by atoms with Crippen molar-refractivity contribution >= 4 is 23.6 Å². The zero-order chi connectivity index (χ0) is 23.7. The Morgan fingerprint density at radius 2 is 1.71 bits per heavy atom. The van der Waals surface area contributed by atoms with Gasteiger partial charge < -0.3 is 19.5 Å². The highest BCUT2D eigenvalue weighted by Crippen LogP contribution is 2.38. The van der Waals surface area contributed by atoms with Crippen LogP contribution in [0.4, 0.5) is 4.79 Å². The van der Waals surface area contributed by atoms with E-state index in [9.17, 15) is 19.2 Å². The Bertz CT molecular complexity index is 737. The summed E-state index contributed by atoms with van der Waals surface area (Å²) in [6.07, 6.45) is -0.612.